The zero-order valence-corrected chi connectivity index (χ0v) is 29.4. The van der Waals surface area contributed by atoms with E-state index in [4.69, 9.17) is 9.97 Å². The molecule has 0 saturated carbocycles. The van der Waals surface area contributed by atoms with E-state index in [-0.39, 0.29) is 54.6 Å². The van der Waals surface area contributed by atoms with Crippen LogP contribution in [0.1, 0.15) is 60.8 Å². The number of hydrogen-bond donors (Lipinski definition) is 0. The predicted molar refractivity (Wildman–Crippen MR) is 216 cm³/mol. The molecule has 4 aromatic carbocycles. The van der Waals surface area contributed by atoms with Crippen molar-refractivity contribution in [1.29, 1.82) is 0 Å². The van der Waals surface area contributed by atoms with Gasteiger partial charge in [-0.2, -0.15) is 0 Å². The average molecular weight is 705 g/mol. The van der Waals surface area contributed by atoms with Gasteiger partial charge in [0.15, 0.2) is 10.9 Å². The average Bonchev–Trinajstić information content (AvgIpc) is 3.18. The first-order valence-corrected chi connectivity index (χ1v) is 19.2. The van der Waals surface area contributed by atoms with Crippen LogP contribution in [0.5, 0.6) is 0 Å². The highest BCUT2D eigenvalue weighted by atomic mass is 16.1. The number of fused-ring (bicyclic) bond motifs is 7. The molecular weight excluding hydrogens is 673 g/mol. The van der Waals surface area contributed by atoms with Crippen LogP contribution in [-0.2, 0) is 25.7 Å². The van der Waals surface area contributed by atoms with E-state index >= 15 is 0 Å². The molecule has 0 unspecified atom stereocenters. The first kappa shape index (κ1) is 30.2. The standard InChI is InChI=1S/C46H32N4O4/c51-43-27-15-11-23-7-3-1-5-9-25-13-17-29-33(21-25)49(31(27)19-23)41-35(43)37-38(47-39(41)45(29)53)36-42-40(48-37)46(54)30-18-14-26-10-6-2-4-8-24-12-16-28(44(36)52)32(20-24)50(42)34(30)22-26/h11-22H,1-10H2. The molecule has 0 spiro atoms. The molecule has 0 radical (unpaired) electrons. The zero-order valence-electron chi connectivity index (χ0n) is 29.4. The van der Waals surface area contributed by atoms with Gasteiger partial charge in [-0.05, 0) is 122 Å². The molecular formula is C46H32N4O4. The Morgan fingerprint density at radius 2 is 0.685 bits per heavy atom. The molecule has 0 amide bonds. The molecule has 12 rings (SSSR count). The summed E-state index contributed by atoms with van der Waals surface area (Å²) in [6.45, 7) is 0. The summed E-state index contributed by atoms with van der Waals surface area (Å²) in [6, 6.07) is 23.9. The molecule has 8 bridgehead atoms. The van der Waals surface area contributed by atoms with Crippen molar-refractivity contribution in [2.45, 2.75) is 64.2 Å². The third-order valence-corrected chi connectivity index (χ3v) is 12.5. The minimum Gasteiger partial charge on any atom is -0.306 e. The van der Waals surface area contributed by atoms with E-state index in [0.29, 0.717) is 54.6 Å². The monoisotopic (exact) mass is 704 g/mol. The lowest BCUT2D eigenvalue weighted by molar-refractivity contribution is 0.678. The second-order valence-electron chi connectivity index (χ2n) is 15.6. The predicted octanol–water partition coefficient (Wildman–Crippen LogP) is 7.91. The van der Waals surface area contributed by atoms with Crippen molar-refractivity contribution in [3.05, 3.63) is 136 Å². The van der Waals surface area contributed by atoms with Crippen molar-refractivity contribution in [1.82, 2.24) is 18.8 Å². The van der Waals surface area contributed by atoms with Crippen LogP contribution in [0.3, 0.4) is 0 Å². The summed E-state index contributed by atoms with van der Waals surface area (Å²) in [7, 11) is 0. The van der Waals surface area contributed by atoms with Gasteiger partial charge in [-0.3, -0.25) is 19.2 Å². The minimum absolute atomic E-state index is 0.111. The summed E-state index contributed by atoms with van der Waals surface area (Å²) in [5.74, 6) is 0. The Balaban J connectivity index is 1.39. The Morgan fingerprint density at radius 3 is 1.02 bits per heavy atom. The Bertz CT molecular complexity index is 3320. The Morgan fingerprint density at radius 1 is 0.370 bits per heavy atom. The maximum absolute atomic E-state index is 15.0. The molecule has 260 valence electrons. The van der Waals surface area contributed by atoms with Gasteiger partial charge in [-0.15, -0.1) is 0 Å². The third-order valence-electron chi connectivity index (χ3n) is 12.5. The minimum atomic E-state index is -0.305. The fourth-order valence-corrected chi connectivity index (χ4v) is 9.80. The normalized spacial score (nSPS) is 15.3. The maximum Gasteiger partial charge on any atom is 0.215 e. The molecule has 2 aliphatic heterocycles. The topological polar surface area (TPSA) is 103 Å². The van der Waals surface area contributed by atoms with Gasteiger partial charge in [-0.1, -0.05) is 37.1 Å². The summed E-state index contributed by atoms with van der Waals surface area (Å²) >= 11 is 0. The Kier molecular flexibility index (Phi) is 5.96. The van der Waals surface area contributed by atoms with Crippen molar-refractivity contribution >= 4 is 87.5 Å². The van der Waals surface area contributed by atoms with Gasteiger partial charge >= 0.3 is 0 Å². The van der Waals surface area contributed by atoms with Crippen LogP contribution in [0.4, 0.5) is 0 Å². The molecule has 8 heterocycles. The fraction of sp³-hybridized carbons (Fsp3) is 0.217. The van der Waals surface area contributed by atoms with E-state index in [1.807, 2.05) is 57.3 Å². The van der Waals surface area contributed by atoms with Crippen LogP contribution in [0.25, 0.3) is 87.5 Å². The first-order valence-electron chi connectivity index (χ1n) is 19.2. The van der Waals surface area contributed by atoms with Gasteiger partial charge in [0.2, 0.25) is 10.9 Å². The SMILES string of the molecule is O=c1c2ccc3cc2n2c4cc(ccc4c(=O)c4c5nc6c(=O)c7ccc8cc7n7c9cc(ccc9c(=O)c(c5nc1c42)c67)CCCCC8)CCCCC3. The van der Waals surface area contributed by atoms with Crippen molar-refractivity contribution in [3.8, 4) is 0 Å². The number of rotatable bonds is 0. The summed E-state index contributed by atoms with van der Waals surface area (Å²) in [5, 5.41) is 2.35. The molecule has 0 saturated heterocycles. The summed E-state index contributed by atoms with van der Waals surface area (Å²) in [4.78, 5) is 69.5. The van der Waals surface area contributed by atoms with Gasteiger partial charge in [0.25, 0.3) is 0 Å². The van der Waals surface area contributed by atoms with Crippen LogP contribution in [0.2, 0.25) is 0 Å². The highest BCUT2D eigenvalue weighted by Gasteiger charge is 2.27. The lowest BCUT2D eigenvalue weighted by atomic mass is 9.96. The lowest BCUT2D eigenvalue weighted by Gasteiger charge is -2.19. The lowest BCUT2D eigenvalue weighted by Crippen LogP contribution is -2.19. The first-order chi connectivity index (χ1) is 26.4. The smallest absolute Gasteiger partial charge is 0.215 e. The van der Waals surface area contributed by atoms with Gasteiger partial charge in [0.1, 0.15) is 22.1 Å². The molecule has 10 aromatic rings. The number of pyridine rings is 6. The quantitative estimate of drug-likeness (QED) is 0.117. The number of nitrogens with zero attached hydrogens (tertiary/aromatic N) is 4. The molecule has 8 heteroatoms. The summed E-state index contributed by atoms with van der Waals surface area (Å²) < 4.78 is 4.03. The number of aryl methyl sites for hydroxylation is 4. The molecule has 2 aliphatic rings. The molecule has 54 heavy (non-hydrogen) atoms. The van der Waals surface area contributed by atoms with Crippen LogP contribution in [0, 0.1) is 0 Å². The van der Waals surface area contributed by atoms with Gasteiger partial charge in [0.05, 0.1) is 43.9 Å². The fourth-order valence-electron chi connectivity index (χ4n) is 9.80. The van der Waals surface area contributed by atoms with Crippen LogP contribution < -0.4 is 21.7 Å². The molecule has 6 aromatic heterocycles. The van der Waals surface area contributed by atoms with Crippen LogP contribution in [0.15, 0.2) is 92.0 Å². The summed E-state index contributed by atoms with van der Waals surface area (Å²) in [5.41, 5.74) is 7.40. The van der Waals surface area contributed by atoms with Crippen molar-refractivity contribution in [3.63, 3.8) is 0 Å². The largest absolute Gasteiger partial charge is 0.306 e. The second-order valence-corrected chi connectivity index (χ2v) is 15.6. The Hall–Kier alpha value is -6.28. The molecule has 0 N–H and O–H groups in total. The number of aromatic nitrogens is 4. The molecule has 0 atom stereocenters. The van der Waals surface area contributed by atoms with Crippen LogP contribution in [-0.4, -0.2) is 18.8 Å². The molecule has 0 fully saturated rings. The van der Waals surface area contributed by atoms with Crippen molar-refractivity contribution in [2.24, 2.45) is 0 Å². The third kappa shape index (κ3) is 3.87. The van der Waals surface area contributed by atoms with E-state index < -0.39 is 0 Å². The van der Waals surface area contributed by atoms with Gasteiger partial charge in [-0.25, -0.2) is 9.97 Å². The number of hydrogen-bond acceptors (Lipinski definition) is 6. The van der Waals surface area contributed by atoms with E-state index in [1.165, 1.54) is 0 Å². The van der Waals surface area contributed by atoms with Crippen molar-refractivity contribution in [2.75, 3.05) is 0 Å². The Labute approximate surface area is 305 Å². The number of benzene rings is 4. The van der Waals surface area contributed by atoms with Gasteiger partial charge < -0.3 is 8.80 Å². The highest BCUT2D eigenvalue weighted by molar-refractivity contribution is 6.23. The van der Waals surface area contributed by atoms with E-state index in [9.17, 15) is 19.2 Å². The van der Waals surface area contributed by atoms with E-state index in [1.54, 1.807) is 0 Å². The molecule has 0 aliphatic carbocycles. The van der Waals surface area contributed by atoms with Crippen LogP contribution >= 0.6 is 0 Å². The van der Waals surface area contributed by atoms with E-state index in [2.05, 4.69) is 24.3 Å². The van der Waals surface area contributed by atoms with E-state index in [0.717, 1.165) is 86.5 Å². The zero-order chi connectivity index (χ0) is 36.0. The maximum atomic E-state index is 15.0. The van der Waals surface area contributed by atoms with Crippen molar-refractivity contribution < 1.29 is 0 Å². The second kappa shape index (κ2) is 10.7. The summed E-state index contributed by atoms with van der Waals surface area (Å²) in [6.07, 6.45) is 9.86. The molecule has 8 nitrogen and oxygen atoms in total. The highest BCUT2D eigenvalue weighted by Crippen LogP contribution is 2.36. The van der Waals surface area contributed by atoms with Gasteiger partial charge in [0, 0.05) is 21.5 Å².